The Bertz CT molecular complexity index is 1630. The molecule has 1 unspecified atom stereocenters. The molecule has 4 heterocycles. The third kappa shape index (κ3) is 3.79. The highest BCUT2D eigenvalue weighted by molar-refractivity contribution is 6.05. The van der Waals surface area contributed by atoms with Gasteiger partial charge in [-0.2, -0.15) is 5.10 Å². The van der Waals surface area contributed by atoms with Crippen LogP contribution in [0.25, 0.3) is 38.9 Å². The first-order valence-corrected chi connectivity index (χ1v) is 10.9. The second-order valence-corrected chi connectivity index (χ2v) is 8.41. The number of pyridine rings is 2. The van der Waals surface area contributed by atoms with E-state index in [1.807, 2.05) is 19.3 Å². The molecular formula is C24H24FN7O3. The molecular weight excluding hydrogens is 453 g/mol. The summed E-state index contributed by atoms with van der Waals surface area (Å²) in [5, 5.41) is 4.88. The predicted molar refractivity (Wildman–Crippen MR) is 129 cm³/mol. The van der Waals surface area contributed by atoms with E-state index in [1.54, 1.807) is 44.2 Å². The van der Waals surface area contributed by atoms with Crippen molar-refractivity contribution in [2.24, 2.45) is 19.8 Å². The third-order valence-electron chi connectivity index (χ3n) is 5.74. The van der Waals surface area contributed by atoms with Crippen molar-refractivity contribution in [1.29, 1.82) is 0 Å². The second kappa shape index (κ2) is 8.51. The molecule has 35 heavy (non-hydrogen) atoms. The zero-order valence-corrected chi connectivity index (χ0v) is 19.7. The summed E-state index contributed by atoms with van der Waals surface area (Å²) in [6.45, 7) is 1.99. The van der Waals surface area contributed by atoms with Crippen molar-refractivity contribution in [3.8, 4) is 28.4 Å². The number of aryl methyl sites for hydroxylation is 2. The van der Waals surface area contributed by atoms with Crippen molar-refractivity contribution in [3.05, 3.63) is 59.3 Å². The van der Waals surface area contributed by atoms with E-state index in [2.05, 4.69) is 15.1 Å². The molecule has 10 nitrogen and oxygen atoms in total. The van der Waals surface area contributed by atoms with Gasteiger partial charge in [-0.25, -0.2) is 18.7 Å². The molecule has 4 aromatic heterocycles. The van der Waals surface area contributed by atoms with Crippen molar-refractivity contribution in [1.82, 2.24) is 28.9 Å². The minimum Gasteiger partial charge on any atom is -0.496 e. The lowest BCUT2D eigenvalue weighted by Crippen LogP contribution is -2.24. The highest BCUT2D eigenvalue weighted by atomic mass is 19.1. The average molecular weight is 478 g/mol. The van der Waals surface area contributed by atoms with Crippen LogP contribution in [0.5, 0.6) is 11.5 Å². The molecule has 0 amide bonds. The smallest absolute Gasteiger partial charge is 0.334 e. The van der Waals surface area contributed by atoms with Crippen LogP contribution in [-0.4, -0.2) is 48.6 Å². The maximum atomic E-state index is 15.3. The fraction of sp³-hybridized carbons (Fsp3) is 0.250. The van der Waals surface area contributed by atoms with Crippen molar-refractivity contribution >= 4 is 21.9 Å². The van der Waals surface area contributed by atoms with Crippen LogP contribution >= 0.6 is 0 Å². The number of methoxy groups -OCH3 is 1. The predicted octanol–water partition coefficient (Wildman–Crippen LogP) is 2.55. The topological polar surface area (TPSA) is 115 Å². The molecule has 2 N–H and O–H groups in total. The van der Waals surface area contributed by atoms with Crippen molar-refractivity contribution in [3.63, 3.8) is 0 Å². The summed E-state index contributed by atoms with van der Waals surface area (Å²) in [6.07, 6.45) is 6.53. The zero-order valence-electron chi connectivity index (χ0n) is 19.7. The standard InChI is InChI=1S/C24H24FN7O3/c1-13(26)12-35-15-5-18(25)23(28-9-15)32-22-17-6-16(14-8-29-30(2)11-14)21(34-4)7-19(17)27-10-20(22)31(3)24(32)33/h5-11,13H,12,26H2,1-4H3. The summed E-state index contributed by atoms with van der Waals surface area (Å²) >= 11 is 0. The van der Waals surface area contributed by atoms with E-state index >= 15 is 4.39 Å². The monoisotopic (exact) mass is 477 g/mol. The summed E-state index contributed by atoms with van der Waals surface area (Å²) < 4.78 is 30.7. The van der Waals surface area contributed by atoms with Gasteiger partial charge < -0.3 is 15.2 Å². The number of nitrogens with zero attached hydrogens (tertiary/aromatic N) is 6. The van der Waals surface area contributed by atoms with Gasteiger partial charge in [-0.05, 0) is 13.0 Å². The van der Waals surface area contributed by atoms with Gasteiger partial charge in [-0.15, -0.1) is 0 Å². The van der Waals surface area contributed by atoms with Gasteiger partial charge in [0, 0.05) is 55.0 Å². The molecule has 5 rings (SSSR count). The Hall–Kier alpha value is -4.25. The second-order valence-electron chi connectivity index (χ2n) is 8.41. The summed E-state index contributed by atoms with van der Waals surface area (Å²) in [5.74, 6) is -0.0122. The first kappa shape index (κ1) is 22.5. The number of hydrogen-bond acceptors (Lipinski definition) is 7. The number of halogens is 1. The number of nitrogens with two attached hydrogens (primary N) is 1. The van der Waals surface area contributed by atoms with E-state index in [-0.39, 0.29) is 24.2 Å². The first-order chi connectivity index (χ1) is 16.8. The zero-order chi connectivity index (χ0) is 24.9. The van der Waals surface area contributed by atoms with Crippen LogP contribution in [0, 0.1) is 5.82 Å². The Balaban J connectivity index is 1.78. The SMILES string of the molecule is COc1cc2ncc3c(c2cc1-c1cnn(C)c1)n(-c1ncc(OCC(C)N)cc1F)c(=O)n3C. The number of aromatic nitrogens is 6. The molecule has 5 aromatic rings. The average Bonchev–Trinajstić information content (AvgIpc) is 3.38. The Labute approximate surface area is 199 Å². The molecule has 0 fully saturated rings. The quantitative estimate of drug-likeness (QED) is 0.400. The fourth-order valence-corrected chi connectivity index (χ4v) is 4.06. The molecule has 1 atom stereocenters. The van der Waals surface area contributed by atoms with Crippen LogP contribution in [0.1, 0.15) is 6.92 Å². The van der Waals surface area contributed by atoms with Crippen LogP contribution in [0.4, 0.5) is 4.39 Å². The van der Waals surface area contributed by atoms with Gasteiger partial charge in [-0.3, -0.25) is 14.2 Å². The Morgan fingerprint density at radius 1 is 1.14 bits per heavy atom. The molecule has 0 spiro atoms. The minimum absolute atomic E-state index is 0.139. The molecule has 0 aliphatic carbocycles. The van der Waals surface area contributed by atoms with E-state index in [0.29, 0.717) is 27.7 Å². The van der Waals surface area contributed by atoms with Crippen LogP contribution in [0.3, 0.4) is 0 Å². The van der Waals surface area contributed by atoms with E-state index in [9.17, 15) is 4.79 Å². The maximum absolute atomic E-state index is 15.3. The summed E-state index contributed by atoms with van der Waals surface area (Å²) in [5.41, 5.74) is 8.43. The summed E-state index contributed by atoms with van der Waals surface area (Å²) in [4.78, 5) is 22.0. The van der Waals surface area contributed by atoms with Gasteiger partial charge in [-0.1, -0.05) is 0 Å². The third-order valence-corrected chi connectivity index (χ3v) is 5.74. The number of fused-ring (bicyclic) bond motifs is 3. The van der Waals surface area contributed by atoms with Crippen LogP contribution in [-0.2, 0) is 14.1 Å². The highest BCUT2D eigenvalue weighted by Gasteiger charge is 2.22. The van der Waals surface area contributed by atoms with Crippen LogP contribution in [0.15, 0.2) is 47.8 Å². The minimum atomic E-state index is -0.701. The number of rotatable bonds is 6. The molecule has 0 bridgehead atoms. The van der Waals surface area contributed by atoms with E-state index in [4.69, 9.17) is 15.2 Å². The lowest BCUT2D eigenvalue weighted by Gasteiger charge is -2.12. The summed E-state index contributed by atoms with van der Waals surface area (Å²) in [7, 11) is 5.01. The lowest BCUT2D eigenvalue weighted by molar-refractivity contribution is 0.293. The van der Waals surface area contributed by atoms with Gasteiger partial charge in [0.05, 0.1) is 42.3 Å². The van der Waals surface area contributed by atoms with Gasteiger partial charge in [0.25, 0.3) is 0 Å². The summed E-state index contributed by atoms with van der Waals surface area (Å²) in [6, 6.07) is 4.63. The Morgan fingerprint density at radius 2 is 1.94 bits per heavy atom. The van der Waals surface area contributed by atoms with Crippen molar-refractivity contribution in [2.75, 3.05) is 13.7 Å². The first-order valence-electron chi connectivity index (χ1n) is 10.9. The Morgan fingerprint density at radius 3 is 2.60 bits per heavy atom. The highest BCUT2D eigenvalue weighted by Crippen LogP contribution is 2.36. The molecule has 0 aliphatic heterocycles. The van der Waals surface area contributed by atoms with Gasteiger partial charge in [0.15, 0.2) is 11.6 Å². The molecule has 1 aromatic carbocycles. The number of benzene rings is 1. The largest absolute Gasteiger partial charge is 0.496 e. The number of ether oxygens (including phenoxy) is 2. The molecule has 0 saturated heterocycles. The number of hydrogen-bond donors (Lipinski definition) is 1. The maximum Gasteiger partial charge on any atom is 0.334 e. The van der Waals surface area contributed by atoms with Gasteiger partial charge >= 0.3 is 5.69 Å². The fourth-order valence-electron chi connectivity index (χ4n) is 4.06. The molecule has 180 valence electrons. The number of imidazole rings is 1. The van der Waals surface area contributed by atoms with Gasteiger partial charge in [0.1, 0.15) is 18.1 Å². The van der Waals surface area contributed by atoms with E-state index in [0.717, 1.165) is 11.1 Å². The Kier molecular flexibility index (Phi) is 5.48. The van der Waals surface area contributed by atoms with E-state index < -0.39 is 11.5 Å². The molecule has 0 radical (unpaired) electrons. The molecule has 11 heteroatoms. The van der Waals surface area contributed by atoms with Crippen LogP contribution in [0.2, 0.25) is 0 Å². The molecule has 0 aliphatic rings. The van der Waals surface area contributed by atoms with E-state index in [1.165, 1.54) is 21.4 Å². The van der Waals surface area contributed by atoms with Crippen LogP contribution < -0.4 is 20.9 Å². The van der Waals surface area contributed by atoms with Crippen molar-refractivity contribution < 1.29 is 13.9 Å². The normalized spacial score (nSPS) is 12.4. The van der Waals surface area contributed by atoms with Gasteiger partial charge in [0.2, 0.25) is 0 Å². The molecule has 0 saturated carbocycles. The lowest BCUT2D eigenvalue weighted by atomic mass is 10.0. The van der Waals surface area contributed by atoms with Crippen molar-refractivity contribution in [2.45, 2.75) is 13.0 Å².